The summed E-state index contributed by atoms with van der Waals surface area (Å²) in [5.41, 5.74) is 5.35. The van der Waals surface area contributed by atoms with Crippen molar-refractivity contribution in [1.82, 2.24) is 4.90 Å². The molecule has 3 heterocycles. The molecule has 6 rings (SSSR count). The highest BCUT2D eigenvalue weighted by Crippen LogP contribution is 2.41. The molecule has 49 heavy (non-hydrogen) atoms. The molecule has 5 aromatic rings. The van der Waals surface area contributed by atoms with E-state index in [2.05, 4.69) is 116 Å². The van der Waals surface area contributed by atoms with Gasteiger partial charge in [-0.2, -0.15) is 5.26 Å². The molecule has 2 aromatic heterocycles. The fourth-order valence-corrected chi connectivity index (χ4v) is 8.23. The number of nitrogens with zero attached hydrogens (tertiary/aromatic N) is 3. The smallest absolute Gasteiger partial charge is 0.271 e. The number of amides is 2. The van der Waals surface area contributed by atoms with Crippen LogP contribution in [0.15, 0.2) is 126 Å². The number of carbonyl (C=O) groups excluding carboxylic acids is 2. The van der Waals surface area contributed by atoms with Gasteiger partial charge in [-0.3, -0.25) is 14.5 Å². The Morgan fingerprint density at radius 1 is 0.755 bits per heavy atom. The number of imide groups is 1. The number of thiophene rings is 2. The summed E-state index contributed by atoms with van der Waals surface area (Å²) in [5, 5.41) is 9.86. The van der Waals surface area contributed by atoms with Crippen molar-refractivity contribution in [2.24, 2.45) is 5.92 Å². The van der Waals surface area contributed by atoms with Crippen LogP contribution in [0.3, 0.4) is 0 Å². The van der Waals surface area contributed by atoms with Crippen LogP contribution in [-0.2, 0) is 9.59 Å². The Morgan fingerprint density at radius 2 is 1.35 bits per heavy atom. The van der Waals surface area contributed by atoms with E-state index in [9.17, 15) is 14.9 Å². The van der Waals surface area contributed by atoms with Crippen molar-refractivity contribution in [2.45, 2.75) is 46.5 Å². The van der Waals surface area contributed by atoms with E-state index in [0.29, 0.717) is 17.7 Å². The van der Waals surface area contributed by atoms with Crippen molar-refractivity contribution >= 4 is 57.6 Å². The lowest BCUT2D eigenvalue weighted by Crippen LogP contribution is -2.45. The van der Waals surface area contributed by atoms with E-state index in [1.54, 1.807) is 29.6 Å². The molecular weight excluding hydrogens is 643 g/mol. The predicted molar refractivity (Wildman–Crippen MR) is 204 cm³/mol. The van der Waals surface area contributed by atoms with Crippen LogP contribution in [0.2, 0.25) is 0 Å². The second kappa shape index (κ2) is 15.5. The minimum atomic E-state index is -0.476. The first kappa shape index (κ1) is 33.9. The van der Waals surface area contributed by atoms with Crippen LogP contribution in [0.4, 0.5) is 17.1 Å². The van der Waals surface area contributed by atoms with Gasteiger partial charge in [-0.25, -0.2) is 0 Å². The number of para-hydroxylation sites is 2. The van der Waals surface area contributed by atoms with Gasteiger partial charge in [0.15, 0.2) is 0 Å². The van der Waals surface area contributed by atoms with Gasteiger partial charge in [0.05, 0.1) is 0 Å². The molecule has 0 bridgehead atoms. The Hall–Kier alpha value is -5.03. The Morgan fingerprint density at radius 3 is 1.96 bits per heavy atom. The minimum Gasteiger partial charge on any atom is -0.311 e. The molecule has 0 saturated carbocycles. The third-order valence-electron chi connectivity index (χ3n) is 9.01. The fourth-order valence-electron chi connectivity index (χ4n) is 6.18. The molecule has 3 aromatic carbocycles. The molecule has 1 aliphatic rings. The van der Waals surface area contributed by atoms with E-state index >= 15 is 0 Å². The molecule has 0 aliphatic carbocycles. The quantitative estimate of drug-likeness (QED) is 0.0971. The van der Waals surface area contributed by atoms with Crippen molar-refractivity contribution in [3.63, 3.8) is 0 Å². The minimum absolute atomic E-state index is 0.0533. The Bertz CT molecular complexity index is 1990. The summed E-state index contributed by atoms with van der Waals surface area (Å²) in [7, 11) is 0. The Kier molecular flexibility index (Phi) is 10.7. The first-order valence-electron chi connectivity index (χ1n) is 16.8. The average Bonchev–Trinajstić information content (AvgIpc) is 3.82. The average molecular weight is 682 g/mol. The van der Waals surface area contributed by atoms with Crippen molar-refractivity contribution in [1.29, 1.82) is 5.26 Å². The molecular formula is C42H39N3O2S2. The lowest BCUT2D eigenvalue weighted by Gasteiger charge is -2.30. The van der Waals surface area contributed by atoms with E-state index < -0.39 is 5.91 Å². The van der Waals surface area contributed by atoms with Crippen molar-refractivity contribution in [3.05, 3.63) is 131 Å². The highest BCUT2D eigenvalue weighted by molar-refractivity contribution is 7.24. The molecule has 0 N–H and O–H groups in total. The monoisotopic (exact) mass is 681 g/mol. The molecule has 7 heteroatoms. The van der Waals surface area contributed by atoms with Gasteiger partial charge in [-0.05, 0) is 97.1 Å². The van der Waals surface area contributed by atoms with Gasteiger partial charge in [0.2, 0.25) is 0 Å². The molecule has 1 unspecified atom stereocenters. The van der Waals surface area contributed by atoms with Crippen molar-refractivity contribution in [3.8, 4) is 26.3 Å². The number of nitriles is 1. The Balaban J connectivity index is 1.23. The highest BCUT2D eigenvalue weighted by atomic mass is 32.1. The zero-order chi connectivity index (χ0) is 34.3. The number of unbranched alkanes of at least 4 members (excludes halogenated alkanes) is 1. The van der Waals surface area contributed by atoms with Crippen LogP contribution in [0.1, 0.15) is 51.3 Å². The lowest BCUT2D eigenvalue weighted by molar-refractivity contribution is -0.141. The third kappa shape index (κ3) is 7.36. The van der Waals surface area contributed by atoms with Crippen molar-refractivity contribution < 1.29 is 9.59 Å². The van der Waals surface area contributed by atoms with Gasteiger partial charge in [-0.15, -0.1) is 22.7 Å². The number of anilines is 3. The van der Waals surface area contributed by atoms with E-state index in [1.807, 2.05) is 24.3 Å². The molecule has 0 spiro atoms. The molecule has 0 fully saturated rings. The van der Waals surface area contributed by atoms with Crippen LogP contribution < -0.4 is 4.90 Å². The fraction of sp³-hybridized carbons (Fsp3) is 0.214. The third-order valence-corrected chi connectivity index (χ3v) is 11.4. The summed E-state index contributed by atoms with van der Waals surface area (Å²) in [6, 6.07) is 39.9. The highest BCUT2D eigenvalue weighted by Gasteiger charge is 2.36. The summed E-state index contributed by atoms with van der Waals surface area (Å²) in [4.78, 5) is 34.8. The van der Waals surface area contributed by atoms with Gasteiger partial charge in [0, 0.05) is 48.7 Å². The van der Waals surface area contributed by atoms with E-state index in [-0.39, 0.29) is 17.4 Å². The number of benzene rings is 3. The van der Waals surface area contributed by atoms with Gasteiger partial charge in [-0.1, -0.05) is 81.6 Å². The molecule has 246 valence electrons. The maximum Gasteiger partial charge on any atom is 0.271 e. The van der Waals surface area contributed by atoms with E-state index in [1.165, 1.54) is 9.78 Å². The first-order valence-corrected chi connectivity index (χ1v) is 18.4. The van der Waals surface area contributed by atoms with Crippen LogP contribution in [0.5, 0.6) is 0 Å². The van der Waals surface area contributed by atoms with Crippen molar-refractivity contribution in [2.75, 3.05) is 11.4 Å². The van der Waals surface area contributed by atoms with E-state index in [4.69, 9.17) is 0 Å². The molecule has 2 amide bonds. The first-order chi connectivity index (χ1) is 23.9. The Labute approximate surface area is 297 Å². The number of carbonyl (C=O) groups is 2. The number of rotatable bonds is 12. The maximum atomic E-state index is 13.7. The van der Waals surface area contributed by atoms with Crippen LogP contribution in [0.25, 0.3) is 26.3 Å². The molecule has 0 saturated heterocycles. The standard InChI is InChI=1S/C42H39N3O2S2/c1-4-6-13-30(5-2)28-44-41(46)36(29(3)37(27-43)42(44)47)26-35-22-23-39(48-35)40-25-24-38(49-40)31-18-20-34(21-19-31)45(32-14-9-7-10-15-32)33-16-11-8-12-17-33/h7-12,14-26,30H,4-6,13,28H2,1-3H3. The van der Waals surface area contributed by atoms with Crippen LogP contribution in [-0.4, -0.2) is 23.3 Å². The van der Waals surface area contributed by atoms with Gasteiger partial charge >= 0.3 is 0 Å². The van der Waals surface area contributed by atoms with Gasteiger partial charge < -0.3 is 4.90 Å². The zero-order valence-corrected chi connectivity index (χ0v) is 29.7. The summed E-state index contributed by atoms with van der Waals surface area (Å²) >= 11 is 3.33. The molecule has 0 radical (unpaired) electrons. The predicted octanol–water partition coefficient (Wildman–Crippen LogP) is 11.4. The normalized spacial score (nSPS) is 14.7. The zero-order valence-electron chi connectivity index (χ0n) is 28.1. The summed E-state index contributed by atoms with van der Waals surface area (Å²) in [6.07, 6.45) is 5.78. The largest absolute Gasteiger partial charge is 0.311 e. The van der Waals surface area contributed by atoms with E-state index in [0.717, 1.165) is 62.9 Å². The maximum absolute atomic E-state index is 13.7. The number of hydrogen-bond donors (Lipinski definition) is 0. The second-order valence-corrected chi connectivity index (χ2v) is 14.4. The molecule has 1 atom stereocenters. The summed E-state index contributed by atoms with van der Waals surface area (Å²) in [5.74, 6) is -0.570. The van der Waals surface area contributed by atoms with Gasteiger partial charge in [0.1, 0.15) is 11.6 Å². The number of hydrogen-bond acceptors (Lipinski definition) is 6. The lowest BCUT2D eigenvalue weighted by atomic mass is 9.92. The second-order valence-electron chi connectivity index (χ2n) is 12.2. The summed E-state index contributed by atoms with van der Waals surface area (Å²) < 4.78 is 0. The molecule has 1 aliphatic heterocycles. The molecule has 5 nitrogen and oxygen atoms in total. The summed E-state index contributed by atoms with van der Waals surface area (Å²) in [6.45, 7) is 6.28. The van der Waals surface area contributed by atoms with Gasteiger partial charge in [0.25, 0.3) is 11.8 Å². The topological polar surface area (TPSA) is 64.4 Å². The van der Waals surface area contributed by atoms with Crippen LogP contribution >= 0.6 is 22.7 Å². The SMILES string of the molecule is CCCCC(CC)CN1C(=O)C(=Cc2ccc(-c3ccc(-c4ccc(N(c5ccccc5)c5ccccc5)cc4)s3)s2)C(C)=C(C#N)C1=O. The van der Waals surface area contributed by atoms with Crippen LogP contribution in [0, 0.1) is 17.2 Å².